The first kappa shape index (κ1) is 33.3. The maximum Gasteiger partial charge on any atom is 0.475 e. The van der Waals surface area contributed by atoms with E-state index in [1.54, 1.807) is 6.20 Å². The third-order valence-electron chi connectivity index (χ3n) is 10.7. The predicted octanol–water partition coefficient (Wildman–Crippen LogP) is 7.99. The number of rotatable bonds is 3. The summed E-state index contributed by atoms with van der Waals surface area (Å²) in [4.78, 5) is 8.82. The quantitative estimate of drug-likeness (QED) is 0.157. The minimum atomic E-state index is -0.355. The van der Waals surface area contributed by atoms with Gasteiger partial charge in [-0.1, -0.05) is 65.8 Å². The van der Waals surface area contributed by atoms with Crippen LogP contribution in [0.15, 0.2) is 79.1 Å². The molecule has 6 rings (SSSR count). The molecule has 227 valence electrons. The summed E-state index contributed by atoms with van der Waals surface area (Å²) >= 11 is 0. The third-order valence-corrected chi connectivity index (χ3v) is 10.7. The van der Waals surface area contributed by atoms with E-state index in [0.717, 1.165) is 28.0 Å². The van der Waals surface area contributed by atoms with Crippen molar-refractivity contribution in [2.45, 2.75) is 91.3 Å². The van der Waals surface area contributed by atoms with Crippen molar-refractivity contribution in [3.8, 4) is 22.5 Å². The Bertz CT molecular complexity index is 1550. The van der Waals surface area contributed by atoms with E-state index in [9.17, 15) is 0 Å². The maximum atomic E-state index is 6.08. The number of hydrogen-bond donors (Lipinski definition) is 0. The summed E-state index contributed by atoms with van der Waals surface area (Å²) in [6.45, 7) is 22.4. The van der Waals surface area contributed by atoms with Gasteiger partial charge in [0.25, 0.3) is 0 Å². The van der Waals surface area contributed by atoms with Gasteiger partial charge in [-0.2, -0.15) is 0 Å². The van der Waals surface area contributed by atoms with E-state index in [-0.39, 0.29) is 54.7 Å². The summed E-state index contributed by atoms with van der Waals surface area (Å²) in [6.07, 6.45) is 3.63. The van der Waals surface area contributed by atoms with Gasteiger partial charge in [0.2, 0.25) is 0 Å². The molecule has 1 fully saturated rings. The Morgan fingerprint density at radius 3 is 1.65 bits per heavy atom. The summed E-state index contributed by atoms with van der Waals surface area (Å²) in [5.74, 6) is 0. The van der Waals surface area contributed by atoms with Crippen molar-refractivity contribution in [2.24, 2.45) is 5.41 Å². The number of hydrogen-bond acceptors (Lipinski definition) is 4. The van der Waals surface area contributed by atoms with Crippen LogP contribution < -0.4 is 5.46 Å². The van der Waals surface area contributed by atoms with Crippen LogP contribution in [0.2, 0.25) is 0 Å². The summed E-state index contributed by atoms with van der Waals surface area (Å²) in [5, 5.41) is 0. The maximum absolute atomic E-state index is 6.08. The van der Waals surface area contributed by atoms with Crippen LogP contribution in [-0.2, 0) is 40.2 Å². The van der Waals surface area contributed by atoms with Crippen molar-refractivity contribution in [2.75, 3.05) is 0 Å². The molecule has 0 atom stereocenters. The Labute approximate surface area is 272 Å². The van der Waals surface area contributed by atoms with E-state index in [0.29, 0.717) is 0 Å². The number of aromatic nitrogens is 2. The molecule has 43 heavy (non-hydrogen) atoms. The molecule has 4 nitrogen and oxygen atoms in total. The zero-order valence-corrected chi connectivity index (χ0v) is 29.5. The first-order valence-electron chi connectivity index (χ1n) is 14.9. The van der Waals surface area contributed by atoms with Crippen molar-refractivity contribution >= 4 is 12.6 Å². The minimum Gasteiger partial charge on any atom is -0.400 e. The Hall–Kier alpha value is -2.63. The SMILES string of the molecule is CC1(C)OB(c2cc[c-]c(-c3ccccn3)c2)OC1(C)C.CC1(C)c2c[c-]c(-c3ccccn3)cc2C(C)(C)C1(C)C.[Ir]. The van der Waals surface area contributed by atoms with E-state index in [4.69, 9.17) is 9.31 Å². The summed E-state index contributed by atoms with van der Waals surface area (Å²) in [7, 11) is -0.355. The van der Waals surface area contributed by atoms with Crippen molar-refractivity contribution in [1.82, 2.24) is 9.97 Å². The predicted molar refractivity (Wildman–Crippen MR) is 173 cm³/mol. The van der Waals surface area contributed by atoms with Crippen molar-refractivity contribution in [1.29, 1.82) is 0 Å². The second kappa shape index (κ2) is 11.7. The fraction of sp³-hybridized carbons (Fsp3) is 0.405. The average Bonchev–Trinajstić information content (AvgIpc) is 3.25. The molecule has 6 heteroatoms. The number of benzene rings is 2. The van der Waals surface area contributed by atoms with E-state index >= 15 is 0 Å². The monoisotopic (exact) mass is 751 g/mol. The normalized spacial score (nSPS) is 19.9. The topological polar surface area (TPSA) is 44.2 Å². The first-order valence-corrected chi connectivity index (χ1v) is 14.9. The van der Waals surface area contributed by atoms with Gasteiger partial charge in [-0.25, -0.2) is 0 Å². The van der Waals surface area contributed by atoms with E-state index < -0.39 is 0 Å². The second-order valence-corrected chi connectivity index (χ2v) is 14.1. The molecule has 4 aromatic rings. The molecule has 0 amide bonds. The van der Waals surface area contributed by atoms with Gasteiger partial charge in [0, 0.05) is 32.5 Å². The van der Waals surface area contributed by atoms with Crippen molar-refractivity contribution in [3.63, 3.8) is 0 Å². The standard InChI is InChI=1S/C20H24N.C17H19BNO2.Ir/c1-18(2)15-11-10-14(17-9-7-8-12-21-17)13-16(15)19(3,4)20(18,5)6;1-16(2)17(3,4)21-18(20-16)14-9-7-8-13(12-14)15-10-5-6-11-19-15;/h7-9,11-13H,1-6H3;5-7,9-12H,1-4H3;/q2*-1;. The molecule has 1 saturated heterocycles. The largest absolute Gasteiger partial charge is 0.475 e. The Morgan fingerprint density at radius 1 is 0.628 bits per heavy atom. The third kappa shape index (κ3) is 5.80. The van der Waals surface area contributed by atoms with Crippen LogP contribution in [-0.4, -0.2) is 28.3 Å². The summed E-state index contributed by atoms with van der Waals surface area (Å²) in [5.41, 5.74) is 7.61. The van der Waals surface area contributed by atoms with E-state index in [2.05, 4.69) is 110 Å². The second-order valence-electron chi connectivity index (χ2n) is 14.1. The molecular weight excluding hydrogens is 707 g/mol. The van der Waals surface area contributed by atoms with Crippen molar-refractivity contribution < 1.29 is 29.4 Å². The Morgan fingerprint density at radius 2 is 1.14 bits per heavy atom. The molecule has 0 saturated carbocycles. The molecule has 1 aliphatic carbocycles. The van der Waals surface area contributed by atoms with Crippen LogP contribution in [0, 0.1) is 17.5 Å². The van der Waals surface area contributed by atoms with E-state index in [1.807, 2.05) is 54.7 Å². The minimum absolute atomic E-state index is 0. The molecular formula is C37H43BIrN2O2-2. The molecule has 1 aliphatic heterocycles. The van der Waals surface area contributed by atoms with E-state index in [1.165, 1.54) is 11.1 Å². The smallest absolute Gasteiger partial charge is 0.400 e. The van der Waals surface area contributed by atoms with Crippen LogP contribution in [0.4, 0.5) is 0 Å². The van der Waals surface area contributed by atoms with Crippen LogP contribution in [0.1, 0.15) is 80.4 Å². The van der Waals surface area contributed by atoms with Crippen LogP contribution in [0.3, 0.4) is 0 Å². The molecule has 2 aromatic heterocycles. The molecule has 2 aromatic carbocycles. The fourth-order valence-corrected chi connectivity index (χ4v) is 5.93. The van der Waals surface area contributed by atoms with Gasteiger partial charge in [-0.15, -0.1) is 70.2 Å². The van der Waals surface area contributed by atoms with Gasteiger partial charge in [0.15, 0.2) is 0 Å². The Balaban J connectivity index is 0.000000192. The van der Waals surface area contributed by atoms with Crippen molar-refractivity contribution in [3.05, 3.63) is 102 Å². The van der Waals surface area contributed by atoms with Gasteiger partial charge >= 0.3 is 7.12 Å². The Kier molecular flexibility index (Phi) is 9.06. The van der Waals surface area contributed by atoms with Crippen LogP contribution in [0.25, 0.3) is 22.5 Å². The summed E-state index contributed by atoms with van der Waals surface area (Å²) in [6, 6.07) is 28.9. The number of nitrogens with zero attached hydrogens (tertiary/aromatic N) is 2. The molecule has 0 spiro atoms. The molecule has 0 N–H and O–H groups in total. The van der Waals surface area contributed by atoms with Gasteiger partial charge < -0.3 is 19.3 Å². The fourth-order valence-electron chi connectivity index (χ4n) is 5.93. The molecule has 0 unspecified atom stereocenters. The summed E-state index contributed by atoms with van der Waals surface area (Å²) < 4.78 is 12.2. The molecule has 0 bridgehead atoms. The first-order chi connectivity index (χ1) is 19.6. The van der Waals surface area contributed by atoms with Crippen LogP contribution in [0.5, 0.6) is 0 Å². The van der Waals surface area contributed by atoms with Gasteiger partial charge in [-0.05, 0) is 67.5 Å². The van der Waals surface area contributed by atoms with Gasteiger partial charge in [0.05, 0.1) is 11.2 Å². The zero-order valence-electron chi connectivity index (χ0n) is 27.1. The molecule has 3 heterocycles. The number of pyridine rings is 2. The molecule has 2 aliphatic rings. The van der Waals surface area contributed by atoms with Crippen LogP contribution >= 0.6 is 0 Å². The van der Waals surface area contributed by atoms with Gasteiger partial charge in [0.1, 0.15) is 0 Å². The zero-order chi connectivity index (χ0) is 30.6. The molecule has 1 radical (unpaired) electrons. The number of fused-ring (bicyclic) bond motifs is 1. The van der Waals surface area contributed by atoms with Gasteiger partial charge in [-0.3, -0.25) is 0 Å². The average molecular weight is 751 g/mol.